The minimum absolute atomic E-state index is 0.186. The van der Waals surface area contributed by atoms with Crippen LogP contribution in [0, 0.1) is 0 Å². The van der Waals surface area contributed by atoms with Gasteiger partial charge in [0, 0.05) is 11.3 Å². The Hall–Kier alpha value is -2.31. The molecule has 100 valence electrons. The Balaban J connectivity index is 2.02. The van der Waals surface area contributed by atoms with Crippen molar-refractivity contribution < 1.29 is 18.7 Å². The number of nitrogens with zero attached hydrogens (tertiary/aromatic N) is 2. The second-order valence-electron chi connectivity index (χ2n) is 4.19. The highest BCUT2D eigenvalue weighted by Gasteiger charge is 2.31. The summed E-state index contributed by atoms with van der Waals surface area (Å²) in [4.78, 5) is 17.0. The average Bonchev–Trinajstić information content (AvgIpc) is 2.75. The van der Waals surface area contributed by atoms with Crippen molar-refractivity contribution in [2.24, 2.45) is 4.99 Å². The summed E-state index contributed by atoms with van der Waals surface area (Å²) in [6.45, 7) is -0.212. The number of ether oxygens (including phenoxy) is 2. The van der Waals surface area contributed by atoms with Gasteiger partial charge in [0.05, 0.1) is 13.7 Å². The van der Waals surface area contributed by atoms with Crippen molar-refractivity contribution in [2.75, 3.05) is 25.8 Å². The van der Waals surface area contributed by atoms with Gasteiger partial charge in [-0.1, -0.05) is 0 Å². The van der Waals surface area contributed by atoms with Crippen LogP contribution in [0.4, 0.5) is 10.1 Å². The van der Waals surface area contributed by atoms with Crippen molar-refractivity contribution in [1.82, 2.24) is 4.90 Å². The maximum atomic E-state index is 12.3. The van der Waals surface area contributed by atoms with Gasteiger partial charge in [0.25, 0.3) is 5.91 Å². The Morgan fingerprint density at radius 1 is 1.47 bits per heavy atom. The fourth-order valence-corrected chi connectivity index (χ4v) is 2.29. The Kier molecular flexibility index (Phi) is 2.73. The Bertz CT molecular complexity index is 574. The van der Waals surface area contributed by atoms with Crippen molar-refractivity contribution >= 4 is 17.6 Å². The number of methoxy groups -OCH3 is 1. The third-order valence-electron chi connectivity index (χ3n) is 3.09. The molecule has 0 bridgehead atoms. The number of rotatable bonds is 3. The van der Waals surface area contributed by atoms with Crippen LogP contribution in [0.5, 0.6) is 11.5 Å². The SMILES string of the molecule is COc1c(OCF)ccc2c1CN1CC(=O)N=C1N2. The zero-order valence-corrected chi connectivity index (χ0v) is 10.3. The first-order valence-corrected chi connectivity index (χ1v) is 5.75. The molecule has 0 unspecified atom stereocenters. The molecule has 6 nitrogen and oxygen atoms in total. The number of alkyl halides is 1. The topological polar surface area (TPSA) is 63.2 Å². The van der Waals surface area contributed by atoms with E-state index < -0.39 is 6.86 Å². The summed E-state index contributed by atoms with van der Waals surface area (Å²) in [5.41, 5.74) is 1.61. The number of amides is 1. The molecule has 3 rings (SSSR count). The number of nitrogens with one attached hydrogen (secondary N) is 1. The third kappa shape index (κ3) is 1.87. The van der Waals surface area contributed by atoms with E-state index in [1.54, 1.807) is 17.0 Å². The van der Waals surface area contributed by atoms with Crippen molar-refractivity contribution in [3.05, 3.63) is 17.7 Å². The number of halogens is 1. The molecule has 0 fully saturated rings. The van der Waals surface area contributed by atoms with Crippen LogP contribution >= 0.6 is 0 Å². The lowest BCUT2D eigenvalue weighted by molar-refractivity contribution is -0.117. The molecule has 0 saturated heterocycles. The number of anilines is 1. The highest BCUT2D eigenvalue weighted by atomic mass is 19.1. The van der Waals surface area contributed by atoms with Crippen LogP contribution in [0.25, 0.3) is 0 Å². The van der Waals surface area contributed by atoms with Crippen molar-refractivity contribution in [1.29, 1.82) is 0 Å². The number of aliphatic imine (C=N–C) groups is 1. The first kappa shape index (κ1) is 11.8. The molecule has 1 aromatic rings. The fourth-order valence-electron chi connectivity index (χ4n) is 2.29. The summed E-state index contributed by atoms with van der Waals surface area (Å²) in [6.07, 6.45) is 0. The number of benzene rings is 1. The average molecular weight is 265 g/mol. The lowest BCUT2D eigenvalue weighted by Crippen LogP contribution is -2.37. The smallest absolute Gasteiger partial charge is 0.268 e. The van der Waals surface area contributed by atoms with E-state index in [1.807, 2.05) is 0 Å². The van der Waals surface area contributed by atoms with E-state index >= 15 is 0 Å². The number of hydrogen-bond acceptors (Lipinski definition) is 5. The molecule has 1 aromatic carbocycles. The standard InChI is InChI=1S/C12H12FN3O3/c1-18-11-7-4-16-5-10(17)15-12(16)14-8(7)2-3-9(11)19-6-13/h2-3H,4-6H2,1H3,(H,14,15,17). The van der Waals surface area contributed by atoms with Crippen LogP contribution in [-0.2, 0) is 11.3 Å². The van der Waals surface area contributed by atoms with Crippen LogP contribution in [0.2, 0.25) is 0 Å². The van der Waals surface area contributed by atoms with Gasteiger partial charge in [-0.15, -0.1) is 0 Å². The molecule has 0 atom stereocenters. The second kappa shape index (κ2) is 4.42. The summed E-state index contributed by atoms with van der Waals surface area (Å²) >= 11 is 0. The fraction of sp³-hybridized carbons (Fsp3) is 0.333. The quantitative estimate of drug-likeness (QED) is 0.887. The van der Waals surface area contributed by atoms with Gasteiger partial charge >= 0.3 is 0 Å². The van der Waals surface area contributed by atoms with Crippen molar-refractivity contribution in [3.63, 3.8) is 0 Å². The summed E-state index contributed by atoms with van der Waals surface area (Å²) in [5, 5.41) is 3.06. The van der Waals surface area contributed by atoms with Crippen LogP contribution in [0.1, 0.15) is 5.56 Å². The lowest BCUT2D eigenvalue weighted by atomic mass is 10.1. The normalized spacial score (nSPS) is 16.4. The minimum atomic E-state index is -0.919. The van der Waals surface area contributed by atoms with E-state index in [2.05, 4.69) is 10.3 Å². The van der Waals surface area contributed by atoms with E-state index in [0.29, 0.717) is 24.0 Å². The number of hydrogen-bond donors (Lipinski definition) is 1. The monoisotopic (exact) mass is 265 g/mol. The molecular weight excluding hydrogens is 253 g/mol. The summed E-state index contributed by atoms with van der Waals surface area (Å²) in [5.74, 6) is 1.17. The van der Waals surface area contributed by atoms with Crippen molar-refractivity contribution in [2.45, 2.75) is 6.54 Å². The summed E-state index contributed by atoms with van der Waals surface area (Å²) in [6, 6.07) is 3.38. The first-order valence-electron chi connectivity index (χ1n) is 5.75. The Morgan fingerprint density at radius 2 is 2.32 bits per heavy atom. The Labute approximate surface area is 108 Å². The highest BCUT2D eigenvalue weighted by Crippen LogP contribution is 2.39. The molecule has 2 aliphatic rings. The molecule has 0 aromatic heterocycles. The maximum Gasteiger partial charge on any atom is 0.268 e. The van der Waals surface area contributed by atoms with E-state index in [1.165, 1.54) is 7.11 Å². The molecular formula is C12H12FN3O3. The molecule has 2 aliphatic heterocycles. The number of guanidine groups is 1. The van der Waals surface area contributed by atoms with E-state index in [0.717, 1.165) is 11.3 Å². The second-order valence-corrected chi connectivity index (χ2v) is 4.19. The minimum Gasteiger partial charge on any atom is -0.492 e. The molecule has 19 heavy (non-hydrogen) atoms. The van der Waals surface area contributed by atoms with Gasteiger partial charge in [-0.05, 0) is 12.1 Å². The zero-order chi connectivity index (χ0) is 13.4. The predicted molar refractivity (Wildman–Crippen MR) is 66.1 cm³/mol. The van der Waals surface area contributed by atoms with Gasteiger partial charge in [0.1, 0.15) is 6.54 Å². The van der Waals surface area contributed by atoms with Gasteiger partial charge < -0.3 is 19.7 Å². The summed E-state index contributed by atoms with van der Waals surface area (Å²) in [7, 11) is 1.50. The largest absolute Gasteiger partial charge is 0.492 e. The van der Waals surface area contributed by atoms with Crippen molar-refractivity contribution in [3.8, 4) is 11.5 Å². The maximum absolute atomic E-state index is 12.3. The molecule has 0 saturated carbocycles. The van der Waals surface area contributed by atoms with Crippen LogP contribution in [0.3, 0.4) is 0 Å². The van der Waals surface area contributed by atoms with Gasteiger partial charge in [0.15, 0.2) is 11.5 Å². The molecule has 2 heterocycles. The van der Waals surface area contributed by atoms with E-state index in [4.69, 9.17) is 9.47 Å². The number of carbonyl (C=O) groups excluding carboxylic acids is 1. The van der Waals surface area contributed by atoms with E-state index in [-0.39, 0.29) is 12.5 Å². The Morgan fingerprint density at radius 3 is 3.05 bits per heavy atom. The van der Waals surface area contributed by atoms with Crippen LogP contribution in [0.15, 0.2) is 17.1 Å². The van der Waals surface area contributed by atoms with Crippen LogP contribution in [-0.4, -0.2) is 37.3 Å². The van der Waals surface area contributed by atoms with Gasteiger partial charge in [-0.3, -0.25) is 4.79 Å². The van der Waals surface area contributed by atoms with Gasteiger partial charge in [0.2, 0.25) is 12.8 Å². The predicted octanol–water partition coefficient (Wildman–Crippen LogP) is 1.12. The van der Waals surface area contributed by atoms with Gasteiger partial charge in [-0.2, -0.15) is 4.99 Å². The first-order chi connectivity index (χ1) is 9.22. The zero-order valence-electron chi connectivity index (χ0n) is 10.3. The number of fused-ring (bicyclic) bond motifs is 2. The molecule has 1 amide bonds. The lowest BCUT2D eigenvalue weighted by Gasteiger charge is -2.29. The number of carbonyl (C=O) groups is 1. The molecule has 0 spiro atoms. The van der Waals surface area contributed by atoms with Crippen LogP contribution < -0.4 is 14.8 Å². The highest BCUT2D eigenvalue weighted by molar-refractivity contribution is 6.08. The molecule has 0 aliphatic carbocycles. The van der Waals surface area contributed by atoms with Gasteiger partial charge in [-0.25, -0.2) is 4.39 Å². The van der Waals surface area contributed by atoms with E-state index in [9.17, 15) is 9.18 Å². The summed E-state index contributed by atoms with van der Waals surface area (Å²) < 4.78 is 22.5. The molecule has 7 heteroatoms. The molecule has 0 radical (unpaired) electrons. The third-order valence-corrected chi connectivity index (χ3v) is 3.09. The molecule has 1 N–H and O–H groups in total.